The number of hydrogen-bond acceptors (Lipinski definition) is 4. The van der Waals surface area contributed by atoms with Gasteiger partial charge in [0.2, 0.25) is 5.91 Å². The van der Waals surface area contributed by atoms with E-state index < -0.39 is 0 Å². The number of amides is 1. The molecule has 0 unspecified atom stereocenters. The Balaban J connectivity index is 0.00000341. The first-order valence-electron chi connectivity index (χ1n) is 10.2. The predicted molar refractivity (Wildman–Crippen MR) is 135 cm³/mol. The van der Waals surface area contributed by atoms with E-state index in [4.69, 9.17) is 9.47 Å². The monoisotopic (exact) mass is 538 g/mol. The molecule has 1 aliphatic heterocycles. The number of halogens is 1. The van der Waals surface area contributed by atoms with E-state index in [2.05, 4.69) is 15.6 Å². The Morgan fingerprint density at radius 3 is 2.23 bits per heavy atom. The Morgan fingerprint density at radius 2 is 1.61 bits per heavy atom. The maximum Gasteiger partial charge on any atom is 0.226 e. The molecule has 2 aromatic carbocycles. The molecule has 7 nitrogen and oxygen atoms in total. The molecule has 2 N–H and O–H groups in total. The van der Waals surface area contributed by atoms with Crippen molar-refractivity contribution in [3.63, 3.8) is 0 Å². The number of methoxy groups -OCH3 is 2. The molecule has 0 radical (unpaired) electrons. The highest BCUT2D eigenvalue weighted by Gasteiger charge is 2.19. The summed E-state index contributed by atoms with van der Waals surface area (Å²) in [6.45, 7) is 2.05. The fraction of sp³-hybridized carbons (Fsp3) is 0.391. The van der Waals surface area contributed by atoms with Crippen LogP contribution in [-0.2, 0) is 17.9 Å². The third kappa shape index (κ3) is 6.75. The van der Waals surface area contributed by atoms with Crippen molar-refractivity contribution in [3.8, 4) is 11.5 Å². The molecule has 2 aromatic rings. The minimum Gasteiger partial charge on any atom is -0.493 e. The van der Waals surface area contributed by atoms with E-state index >= 15 is 0 Å². The van der Waals surface area contributed by atoms with Crippen LogP contribution in [0.4, 0.5) is 5.69 Å². The van der Waals surface area contributed by atoms with Gasteiger partial charge in [-0.25, -0.2) is 0 Å². The van der Waals surface area contributed by atoms with Gasteiger partial charge in [0.05, 0.1) is 14.2 Å². The summed E-state index contributed by atoms with van der Waals surface area (Å²) in [5.41, 5.74) is 3.16. The Labute approximate surface area is 201 Å². The van der Waals surface area contributed by atoms with Gasteiger partial charge in [0, 0.05) is 38.8 Å². The lowest BCUT2D eigenvalue weighted by molar-refractivity contribution is -0.119. The van der Waals surface area contributed by atoms with Crippen molar-refractivity contribution in [2.75, 3.05) is 32.7 Å². The number of carbonyl (C=O) groups is 1. The second-order valence-corrected chi connectivity index (χ2v) is 7.14. The maximum atomic E-state index is 12.1. The number of benzene rings is 2. The van der Waals surface area contributed by atoms with E-state index in [9.17, 15) is 4.79 Å². The number of rotatable bonds is 7. The van der Waals surface area contributed by atoms with Gasteiger partial charge in [0.1, 0.15) is 0 Å². The quantitative estimate of drug-likeness (QED) is 0.320. The molecule has 1 heterocycles. The van der Waals surface area contributed by atoms with Crippen molar-refractivity contribution in [3.05, 3.63) is 53.6 Å². The van der Waals surface area contributed by atoms with Crippen LogP contribution in [0.15, 0.2) is 47.5 Å². The maximum absolute atomic E-state index is 12.1. The molecule has 1 saturated heterocycles. The van der Waals surface area contributed by atoms with Crippen LogP contribution in [0.25, 0.3) is 0 Å². The van der Waals surface area contributed by atoms with Crippen molar-refractivity contribution >= 4 is 41.5 Å². The highest BCUT2D eigenvalue weighted by molar-refractivity contribution is 14.0. The molecule has 0 spiro atoms. The van der Waals surface area contributed by atoms with Crippen molar-refractivity contribution in [1.29, 1.82) is 0 Å². The summed E-state index contributed by atoms with van der Waals surface area (Å²) in [6, 6.07) is 13.9. The zero-order valence-corrected chi connectivity index (χ0v) is 20.6. The van der Waals surface area contributed by atoms with Crippen LogP contribution >= 0.6 is 24.0 Å². The van der Waals surface area contributed by atoms with Gasteiger partial charge < -0.3 is 25.0 Å². The molecule has 0 saturated carbocycles. The van der Waals surface area contributed by atoms with Crippen molar-refractivity contribution in [2.24, 2.45) is 4.99 Å². The van der Waals surface area contributed by atoms with E-state index in [1.54, 1.807) is 21.3 Å². The van der Waals surface area contributed by atoms with Crippen molar-refractivity contribution in [1.82, 2.24) is 10.6 Å². The molecule has 0 aliphatic carbocycles. The van der Waals surface area contributed by atoms with Crippen LogP contribution in [0, 0.1) is 0 Å². The smallest absolute Gasteiger partial charge is 0.226 e. The average molecular weight is 538 g/mol. The standard InChI is InChI=1S/C23H30N4O3.HI/c1-24-23(26-16-18-9-12-20(29-2)21(14-18)30-3)25-15-17-7-10-19(11-8-17)27-13-5-4-6-22(27)28;/h7-12,14H,4-6,13,15-16H2,1-3H3,(H2,24,25,26);1H. The summed E-state index contributed by atoms with van der Waals surface area (Å²) < 4.78 is 10.6. The Kier molecular flexibility index (Phi) is 9.90. The fourth-order valence-corrected chi connectivity index (χ4v) is 3.46. The van der Waals surface area contributed by atoms with Gasteiger partial charge in [-0.05, 0) is 48.2 Å². The molecule has 0 bridgehead atoms. The lowest BCUT2D eigenvalue weighted by Crippen LogP contribution is -2.36. The molecule has 3 rings (SSSR count). The summed E-state index contributed by atoms with van der Waals surface area (Å²) >= 11 is 0. The summed E-state index contributed by atoms with van der Waals surface area (Å²) in [5, 5.41) is 6.62. The lowest BCUT2D eigenvalue weighted by atomic mass is 10.1. The molecule has 31 heavy (non-hydrogen) atoms. The van der Waals surface area contributed by atoms with Gasteiger partial charge >= 0.3 is 0 Å². The lowest BCUT2D eigenvalue weighted by Gasteiger charge is -2.26. The number of aliphatic imine (C=N–C) groups is 1. The van der Waals surface area contributed by atoms with Crippen LogP contribution in [0.2, 0.25) is 0 Å². The Hall–Kier alpha value is -2.49. The number of nitrogens with zero attached hydrogens (tertiary/aromatic N) is 2. The highest BCUT2D eigenvalue weighted by Crippen LogP contribution is 2.27. The number of piperidine rings is 1. The SMILES string of the molecule is CN=C(NCc1ccc(N2CCCCC2=O)cc1)NCc1ccc(OC)c(OC)c1.I. The van der Waals surface area contributed by atoms with E-state index in [1.165, 1.54) is 0 Å². The first-order valence-corrected chi connectivity index (χ1v) is 10.2. The zero-order chi connectivity index (χ0) is 21.3. The number of carbonyl (C=O) groups excluding carboxylic acids is 1. The number of guanidine groups is 1. The molecule has 0 atom stereocenters. The molecule has 1 amide bonds. The third-order valence-corrected chi connectivity index (χ3v) is 5.16. The van der Waals surface area contributed by atoms with Crippen LogP contribution in [0.3, 0.4) is 0 Å². The van der Waals surface area contributed by atoms with Gasteiger partial charge in [-0.3, -0.25) is 9.79 Å². The van der Waals surface area contributed by atoms with E-state index in [0.717, 1.165) is 36.2 Å². The van der Waals surface area contributed by atoms with E-state index in [1.807, 2.05) is 47.4 Å². The highest BCUT2D eigenvalue weighted by atomic mass is 127. The summed E-state index contributed by atoms with van der Waals surface area (Å²) in [5.74, 6) is 2.33. The molecule has 1 aliphatic rings. The van der Waals surface area contributed by atoms with Gasteiger partial charge in [-0.1, -0.05) is 18.2 Å². The third-order valence-electron chi connectivity index (χ3n) is 5.16. The first kappa shape index (κ1) is 24.8. The fourth-order valence-electron chi connectivity index (χ4n) is 3.46. The van der Waals surface area contributed by atoms with Gasteiger partial charge in [-0.15, -0.1) is 24.0 Å². The van der Waals surface area contributed by atoms with Crippen LogP contribution in [0.5, 0.6) is 11.5 Å². The predicted octanol–water partition coefficient (Wildman–Crippen LogP) is 3.70. The summed E-state index contributed by atoms with van der Waals surface area (Å²) in [7, 11) is 5.00. The molecule has 8 heteroatoms. The van der Waals surface area contributed by atoms with Crippen LogP contribution in [0.1, 0.15) is 30.4 Å². The first-order chi connectivity index (χ1) is 14.6. The van der Waals surface area contributed by atoms with Crippen molar-refractivity contribution < 1.29 is 14.3 Å². The minimum absolute atomic E-state index is 0. The number of nitrogens with one attached hydrogen (secondary N) is 2. The van der Waals surface area contributed by atoms with Crippen LogP contribution < -0.4 is 25.0 Å². The molecule has 0 aromatic heterocycles. The molecule has 1 fully saturated rings. The topological polar surface area (TPSA) is 75.2 Å². The normalized spacial score (nSPS) is 14.0. The number of anilines is 1. The van der Waals surface area contributed by atoms with Gasteiger partial charge in [0.15, 0.2) is 17.5 Å². The minimum atomic E-state index is 0. The number of hydrogen-bond donors (Lipinski definition) is 2. The molecular formula is C23H31IN4O3. The zero-order valence-electron chi connectivity index (χ0n) is 18.3. The average Bonchev–Trinajstić information content (AvgIpc) is 2.79. The van der Waals surface area contributed by atoms with E-state index in [-0.39, 0.29) is 29.9 Å². The van der Waals surface area contributed by atoms with Gasteiger partial charge in [-0.2, -0.15) is 0 Å². The second kappa shape index (κ2) is 12.4. The van der Waals surface area contributed by atoms with Gasteiger partial charge in [0.25, 0.3) is 0 Å². The summed E-state index contributed by atoms with van der Waals surface area (Å²) in [6.07, 6.45) is 2.70. The number of ether oxygens (including phenoxy) is 2. The van der Waals surface area contributed by atoms with Crippen LogP contribution in [-0.4, -0.2) is 39.7 Å². The molecular weight excluding hydrogens is 507 g/mol. The second-order valence-electron chi connectivity index (χ2n) is 7.14. The van der Waals surface area contributed by atoms with Crippen molar-refractivity contribution in [2.45, 2.75) is 32.4 Å². The Bertz CT molecular complexity index is 887. The Morgan fingerprint density at radius 1 is 0.968 bits per heavy atom. The molecule has 168 valence electrons. The van der Waals surface area contributed by atoms with E-state index in [0.29, 0.717) is 37.0 Å². The summed E-state index contributed by atoms with van der Waals surface area (Å²) in [4.78, 5) is 18.2. The largest absolute Gasteiger partial charge is 0.493 e.